The third kappa shape index (κ3) is 2.67. The van der Waals surface area contributed by atoms with Gasteiger partial charge in [0.1, 0.15) is 0 Å². The van der Waals surface area contributed by atoms with Crippen LogP contribution in [0.3, 0.4) is 0 Å². The molecule has 2 N–H and O–H groups in total. The quantitative estimate of drug-likeness (QED) is 0.787. The minimum Gasteiger partial charge on any atom is -0.328 e. The molecule has 12 heavy (non-hydrogen) atoms. The summed E-state index contributed by atoms with van der Waals surface area (Å²) in [5, 5.41) is 1.44. The van der Waals surface area contributed by atoms with Crippen LogP contribution >= 0.6 is 23.2 Å². The van der Waals surface area contributed by atoms with Crippen molar-refractivity contribution < 1.29 is 0 Å². The summed E-state index contributed by atoms with van der Waals surface area (Å²) in [6, 6.07) is 5.53. The van der Waals surface area contributed by atoms with Gasteiger partial charge in [0.2, 0.25) is 0 Å². The minimum absolute atomic E-state index is 0.112. The van der Waals surface area contributed by atoms with Crippen LogP contribution in [0.1, 0.15) is 12.5 Å². The molecule has 0 bridgehead atoms. The van der Waals surface area contributed by atoms with Crippen molar-refractivity contribution in [3.63, 3.8) is 0 Å². The first-order valence-electron chi connectivity index (χ1n) is 3.79. The van der Waals surface area contributed by atoms with Crippen LogP contribution in [0.5, 0.6) is 0 Å². The monoisotopic (exact) mass is 203 g/mol. The third-order valence-corrected chi connectivity index (χ3v) is 2.15. The first kappa shape index (κ1) is 9.85. The van der Waals surface area contributed by atoms with Crippen LogP contribution in [-0.4, -0.2) is 6.04 Å². The summed E-state index contributed by atoms with van der Waals surface area (Å²) in [7, 11) is 0. The van der Waals surface area contributed by atoms with Gasteiger partial charge in [0.25, 0.3) is 0 Å². The highest BCUT2D eigenvalue weighted by molar-refractivity contribution is 6.33. The lowest BCUT2D eigenvalue weighted by molar-refractivity contribution is 0.738. The van der Waals surface area contributed by atoms with Crippen molar-refractivity contribution in [1.82, 2.24) is 0 Å². The number of benzene rings is 1. The Morgan fingerprint density at radius 1 is 1.42 bits per heavy atom. The van der Waals surface area contributed by atoms with Crippen LogP contribution in [0.25, 0.3) is 0 Å². The predicted molar refractivity (Wildman–Crippen MR) is 53.8 cm³/mol. The molecule has 0 aliphatic carbocycles. The average Bonchev–Trinajstić information content (AvgIpc) is 1.96. The molecular formula is C9H11Cl2N. The lowest BCUT2D eigenvalue weighted by Crippen LogP contribution is -2.17. The maximum atomic E-state index is 5.93. The molecule has 0 heterocycles. The van der Waals surface area contributed by atoms with Crippen LogP contribution < -0.4 is 5.73 Å². The zero-order valence-electron chi connectivity index (χ0n) is 6.85. The van der Waals surface area contributed by atoms with Gasteiger partial charge in [-0.3, -0.25) is 0 Å². The van der Waals surface area contributed by atoms with Gasteiger partial charge in [-0.1, -0.05) is 23.2 Å². The van der Waals surface area contributed by atoms with Crippen molar-refractivity contribution in [2.45, 2.75) is 19.4 Å². The van der Waals surface area contributed by atoms with Gasteiger partial charge in [0.15, 0.2) is 0 Å². The normalized spacial score (nSPS) is 13.0. The molecule has 1 aromatic carbocycles. The Bertz CT molecular complexity index is 271. The fourth-order valence-corrected chi connectivity index (χ4v) is 1.44. The van der Waals surface area contributed by atoms with E-state index in [4.69, 9.17) is 28.9 Å². The zero-order chi connectivity index (χ0) is 9.14. The van der Waals surface area contributed by atoms with Crippen molar-refractivity contribution >= 4 is 23.2 Å². The molecule has 1 aromatic rings. The van der Waals surface area contributed by atoms with Crippen molar-refractivity contribution in [1.29, 1.82) is 0 Å². The molecule has 0 aliphatic heterocycles. The molecule has 0 saturated carbocycles. The molecule has 0 unspecified atom stereocenters. The fourth-order valence-electron chi connectivity index (χ4n) is 1.05. The van der Waals surface area contributed by atoms with Crippen LogP contribution in [0.2, 0.25) is 10.0 Å². The summed E-state index contributed by atoms with van der Waals surface area (Å²) in [6.07, 6.45) is 0.763. The molecule has 66 valence electrons. The molecule has 1 nitrogen and oxygen atoms in total. The summed E-state index contributed by atoms with van der Waals surface area (Å²) in [5.41, 5.74) is 6.65. The van der Waals surface area contributed by atoms with Gasteiger partial charge >= 0.3 is 0 Å². The highest BCUT2D eigenvalue weighted by Crippen LogP contribution is 2.21. The van der Waals surface area contributed by atoms with Gasteiger partial charge in [-0.25, -0.2) is 0 Å². The second kappa shape index (κ2) is 4.13. The standard InChI is InChI=1S/C9H11Cl2N/c1-6(12)4-7-5-8(10)2-3-9(7)11/h2-3,5-6H,4,12H2,1H3/t6-/m1/s1. The molecule has 0 aliphatic rings. The Morgan fingerprint density at radius 2 is 2.08 bits per heavy atom. The molecular weight excluding hydrogens is 193 g/mol. The Hall–Kier alpha value is -0.240. The van der Waals surface area contributed by atoms with Gasteiger partial charge in [-0.05, 0) is 37.1 Å². The molecule has 1 atom stereocenters. The summed E-state index contributed by atoms with van der Waals surface area (Å²) in [6.45, 7) is 1.94. The lowest BCUT2D eigenvalue weighted by atomic mass is 10.1. The van der Waals surface area contributed by atoms with E-state index < -0.39 is 0 Å². The molecule has 0 aromatic heterocycles. The summed E-state index contributed by atoms with van der Waals surface area (Å²) >= 11 is 11.7. The molecule has 0 saturated heterocycles. The number of halogens is 2. The molecule has 0 fully saturated rings. The maximum Gasteiger partial charge on any atom is 0.0439 e. The third-order valence-electron chi connectivity index (χ3n) is 1.55. The van der Waals surface area contributed by atoms with E-state index in [1.807, 2.05) is 13.0 Å². The van der Waals surface area contributed by atoms with Crippen molar-refractivity contribution in [3.05, 3.63) is 33.8 Å². The summed E-state index contributed by atoms with van der Waals surface area (Å²) in [5.74, 6) is 0. The summed E-state index contributed by atoms with van der Waals surface area (Å²) < 4.78 is 0. The second-order valence-corrected chi connectivity index (χ2v) is 3.76. The van der Waals surface area contributed by atoms with Crippen molar-refractivity contribution in [2.75, 3.05) is 0 Å². The number of nitrogens with two attached hydrogens (primary N) is 1. The minimum atomic E-state index is 0.112. The van der Waals surface area contributed by atoms with E-state index in [0.29, 0.717) is 5.02 Å². The Morgan fingerprint density at radius 3 is 2.67 bits per heavy atom. The van der Waals surface area contributed by atoms with Gasteiger partial charge < -0.3 is 5.73 Å². The van der Waals surface area contributed by atoms with E-state index in [9.17, 15) is 0 Å². The van der Waals surface area contributed by atoms with Crippen LogP contribution in [0.4, 0.5) is 0 Å². The zero-order valence-corrected chi connectivity index (χ0v) is 8.36. The molecule has 0 spiro atoms. The number of hydrogen-bond donors (Lipinski definition) is 1. The molecule has 0 amide bonds. The summed E-state index contributed by atoms with van der Waals surface area (Å²) in [4.78, 5) is 0. The van der Waals surface area contributed by atoms with E-state index >= 15 is 0 Å². The van der Waals surface area contributed by atoms with Crippen molar-refractivity contribution in [2.24, 2.45) is 5.73 Å². The second-order valence-electron chi connectivity index (χ2n) is 2.92. The van der Waals surface area contributed by atoms with E-state index in [-0.39, 0.29) is 6.04 Å². The smallest absolute Gasteiger partial charge is 0.0439 e. The SMILES string of the molecule is C[C@@H](N)Cc1cc(Cl)ccc1Cl. The maximum absolute atomic E-state index is 5.93. The largest absolute Gasteiger partial charge is 0.328 e. The van der Waals surface area contributed by atoms with Gasteiger partial charge in [0, 0.05) is 16.1 Å². The van der Waals surface area contributed by atoms with Gasteiger partial charge in [-0.15, -0.1) is 0 Å². The molecule has 1 rings (SSSR count). The first-order chi connectivity index (χ1) is 5.59. The van der Waals surface area contributed by atoms with E-state index in [2.05, 4.69) is 0 Å². The lowest BCUT2D eigenvalue weighted by Gasteiger charge is -2.07. The topological polar surface area (TPSA) is 26.0 Å². The van der Waals surface area contributed by atoms with Gasteiger partial charge in [-0.2, -0.15) is 0 Å². The van der Waals surface area contributed by atoms with Gasteiger partial charge in [0.05, 0.1) is 0 Å². The van der Waals surface area contributed by atoms with Crippen molar-refractivity contribution in [3.8, 4) is 0 Å². The highest BCUT2D eigenvalue weighted by Gasteiger charge is 2.03. The predicted octanol–water partition coefficient (Wildman–Crippen LogP) is 2.88. The Labute approximate surface area is 82.5 Å². The Balaban J connectivity index is 2.90. The van der Waals surface area contributed by atoms with E-state index in [0.717, 1.165) is 17.0 Å². The van der Waals surface area contributed by atoms with Crippen LogP contribution in [0, 0.1) is 0 Å². The average molecular weight is 204 g/mol. The first-order valence-corrected chi connectivity index (χ1v) is 4.54. The molecule has 0 radical (unpaired) electrons. The Kier molecular flexibility index (Phi) is 3.39. The fraction of sp³-hybridized carbons (Fsp3) is 0.333. The van der Waals surface area contributed by atoms with E-state index in [1.165, 1.54) is 0 Å². The number of hydrogen-bond acceptors (Lipinski definition) is 1. The van der Waals surface area contributed by atoms with E-state index in [1.54, 1.807) is 12.1 Å². The molecule has 3 heteroatoms. The number of rotatable bonds is 2. The van der Waals surface area contributed by atoms with Crippen LogP contribution in [0.15, 0.2) is 18.2 Å². The van der Waals surface area contributed by atoms with Crippen LogP contribution in [-0.2, 0) is 6.42 Å². The highest BCUT2D eigenvalue weighted by atomic mass is 35.5.